The molecule has 0 bridgehead atoms. The molecule has 6 heteroatoms. The number of hydrogen-bond acceptors (Lipinski definition) is 4. The average molecular weight is 379 g/mol. The first kappa shape index (κ1) is 17.7. The van der Waals surface area contributed by atoms with Crippen molar-refractivity contribution in [3.8, 4) is 11.1 Å². The highest BCUT2D eigenvalue weighted by Crippen LogP contribution is 2.24. The Morgan fingerprint density at radius 3 is 1.96 bits per heavy atom. The number of piperazine rings is 1. The first-order chi connectivity index (χ1) is 13.1. The standard InChI is InChI=1S/C21H21N3O2S/c25-27(26,20-11-9-19(10-12-20)18-6-2-1-3-7-18)24-16-14-23(15-17-24)21-8-4-5-13-22-21/h1-13H,14-17H2. The van der Waals surface area contributed by atoms with E-state index in [-0.39, 0.29) is 0 Å². The van der Waals surface area contributed by atoms with Crippen LogP contribution in [0.4, 0.5) is 5.82 Å². The minimum atomic E-state index is -3.48. The van der Waals surface area contributed by atoms with E-state index in [1.807, 2.05) is 60.7 Å². The zero-order valence-electron chi connectivity index (χ0n) is 14.9. The Morgan fingerprint density at radius 2 is 1.33 bits per heavy atom. The molecule has 4 rings (SSSR count). The fraction of sp³-hybridized carbons (Fsp3) is 0.190. The zero-order chi connectivity index (χ0) is 18.7. The smallest absolute Gasteiger partial charge is 0.243 e. The number of nitrogens with zero attached hydrogens (tertiary/aromatic N) is 3. The molecule has 0 saturated carbocycles. The normalized spacial score (nSPS) is 15.6. The van der Waals surface area contributed by atoms with Crippen LogP contribution < -0.4 is 4.90 Å². The van der Waals surface area contributed by atoms with Crippen molar-refractivity contribution in [1.29, 1.82) is 0 Å². The van der Waals surface area contributed by atoms with Crippen molar-refractivity contribution in [3.05, 3.63) is 79.0 Å². The Hall–Kier alpha value is -2.70. The lowest BCUT2D eigenvalue weighted by Crippen LogP contribution is -2.48. The summed E-state index contributed by atoms with van der Waals surface area (Å²) in [7, 11) is -3.48. The molecule has 2 aromatic carbocycles. The molecule has 0 spiro atoms. The van der Waals surface area contributed by atoms with Gasteiger partial charge in [-0.25, -0.2) is 13.4 Å². The van der Waals surface area contributed by atoms with Gasteiger partial charge in [-0.1, -0.05) is 48.5 Å². The van der Waals surface area contributed by atoms with Crippen LogP contribution in [-0.2, 0) is 10.0 Å². The summed E-state index contributed by atoms with van der Waals surface area (Å²) in [4.78, 5) is 6.80. The number of hydrogen-bond donors (Lipinski definition) is 0. The molecule has 1 aliphatic heterocycles. The van der Waals surface area contributed by atoms with Crippen molar-refractivity contribution in [2.45, 2.75) is 4.90 Å². The van der Waals surface area contributed by atoms with Crippen molar-refractivity contribution < 1.29 is 8.42 Å². The van der Waals surface area contributed by atoms with E-state index in [2.05, 4.69) is 9.88 Å². The SMILES string of the molecule is O=S(=O)(c1ccc(-c2ccccc2)cc1)N1CCN(c2ccccn2)CC1. The van der Waals surface area contributed by atoms with Gasteiger partial charge < -0.3 is 4.90 Å². The molecular weight excluding hydrogens is 358 g/mol. The monoisotopic (exact) mass is 379 g/mol. The number of sulfonamides is 1. The highest BCUT2D eigenvalue weighted by molar-refractivity contribution is 7.89. The minimum absolute atomic E-state index is 0.341. The lowest BCUT2D eigenvalue weighted by atomic mass is 10.1. The van der Waals surface area contributed by atoms with Gasteiger partial charge in [0, 0.05) is 32.4 Å². The molecule has 3 aromatic rings. The summed E-state index contributed by atoms with van der Waals surface area (Å²) in [5, 5.41) is 0. The van der Waals surface area contributed by atoms with Gasteiger partial charge in [0.05, 0.1) is 4.90 Å². The van der Waals surface area contributed by atoms with E-state index >= 15 is 0 Å². The summed E-state index contributed by atoms with van der Waals surface area (Å²) in [6, 6.07) is 22.8. The topological polar surface area (TPSA) is 53.5 Å². The molecular formula is C21H21N3O2S. The van der Waals surface area contributed by atoms with Crippen LogP contribution in [0.2, 0.25) is 0 Å². The van der Waals surface area contributed by atoms with Gasteiger partial charge >= 0.3 is 0 Å². The molecule has 0 aliphatic carbocycles. The minimum Gasteiger partial charge on any atom is -0.354 e. The zero-order valence-corrected chi connectivity index (χ0v) is 15.7. The summed E-state index contributed by atoms with van der Waals surface area (Å²) in [6.45, 7) is 2.19. The van der Waals surface area contributed by atoms with Crippen LogP contribution in [-0.4, -0.2) is 43.9 Å². The third-order valence-electron chi connectivity index (χ3n) is 4.81. The van der Waals surface area contributed by atoms with Gasteiger partial charge in [0.2, 0.25) is 10.0 Å². The number of aromatic nitrogens is 1. The van der Waals surface area contributed by atoms with Gasteiger partial charge in [0.1, 0.15) is 5.82 Å². The van der Waals surface area contributed by atoms with E-state index in [1.54, 1.807) is 22.6 Å². The molecule has 1 aromatic heterocycles. The van der Waals surface area contributed by atoms with E-state index < -0.39 is 10.0 Å². The van der Waals surface area contributed by atoms with E-state index in [4.69, 9.17) is 0 Å². The predicted molar refractivity (Wildman–Crippen MR) is 107 cm³/mol. The van der Waals surface area contributed by atoms with E-state index in [0.717, 1.165) is 16.9 Å². The van der Waals surface area contributed by atoms with Crippen molar-refractivity contribution in [3.63, 3.8) is 0 Å². The maximum Gasteiger partial charge on any atom is 0.243 e. The molecule has 5 nitrogen and oxygen atoms in total. The second-order valence-corrected chi connectivity index (χ2v) is 8.41. The number of pyridine rings is 1. The third kappa shape index (κ3) is 3.72. The number of rotatable bonds is 4. The molecule has 0 radical (unpaired) electrons. The Labute approximate surface area is 159 Å². The van der Waals surface area contributed by atoms with Crippen LogP contribution in [0.15, 0.2) is 83.9 Å². The summed E-state index contributed by atoms with van der Waals surface area (Å²) in [5.41, 5.74) is 2.08. The Morgan fingerprint density at radius 1 is 0.704 bits per heavy atom. The highest BCUT2D eigenvalue weighted by Gasteiger charge is 2.28. The molecule has 0 unspecified atom stereocenters. The van der Waals surface area contributed by atoms with Crippen molar-refractivity contribution in [2.24, 2.45) is 0 Å². The fourth-order valence-corrected chi connectivity index (χ4v) is 4.72. The lowest BCUT2D eigenvalue weighted by molar-refractivity contribution is 0.384. The second-order valence-electron chi connectivity index (χ2n) is 6.47. The Kier molecular flexibility index (Phi) is 4.92. The van der Waals surface area contributed by atoms with Crippen LogP contribution in [0.3, 0.4) is 0 Å². The van der Waals surface area contributed by atoms with Crippen molar-refractivity contribution in [2.75, 3.05) is 31.1 Å². The number of anilines is 1. The molecule has 2 heterocycles. The fourth-order valence-electron chi connectivity index (χ4n) is 3.30. The van der Waals surface area contributed by atoms with Gasteiger partial charge in [-0.2, -0.15) is 4.31 Å². The maximum atomic E-state index is 13.0. The van der Waals surface area contributed by atoms with Gasteiger partial charge in [0.15, 0.2) is 0 Å². The predicted octanol–water partition coefficient (Wildman–Crippen LogP) is 3.26. The first-order valence-electron chi connectivity index (χ1n) is 8.96. The van der Waals surface area contributed by atoms with Crippen LogP contribution in [0.5, 0.6) is 0 Å². The number of benzene rings is 2. The molecule has 0 N–H and O–H groups in total. The van der Waals surface area contributed by atoms with Gasteiger partial charge in [-0.05, 0) is 35.4 Å². The second kappa shape index (κ2) is 7.50. The Bertz CT molecular complexity index is 983. The van der Waals surface area contributed by atoms with Crippen LogP contribution >= 0.6 is 0 Å². The largest absolute Gasteiger partial charge is 0.354 e. The lowest BCUT2D eigenvalue weighted by Gasteiger charge is -2.34. The van der Waals surface area contributed by atoms with Gasteiger partial charge in [-0.15, -0.1) is 0 Å². The highest BCUT2D eigenvalue weighted by atomic mass is 32.2. The summed E-state index contributed by atoms with van der Waals surface area (Å²) < 4.78 is 27.5. The average Bonchev–Trinajstić information content (AvgIpc) is 2.75. The van der Waals surface area contributed by atoms with Gasteiger partial charge in [0.25, 0.3) is 0 Å². The molecule has 1 fully saturated rings. The molecule has 0 amide bonds. The summed E-state index contributed by atoms with van der Waals surface area (Å²) in [6.07, 6.45) is 1.76. The van der Waals surface area contributed by atoms with Crippen LogP contribution in [0, 0.1) is 0 Å². The molecule has 138 valence electrons. The molecule has 27 heavy (non-hydrogen) atoms. The van der Waals surface area contributed by atoms with E-state index in [1.165, 1.54) is 0 Å². The summed E-state index contributed by atoms with van der Waals surface area (Å²) in [5.74, 6) is 0.891. The molecule has 1 saturated heterocycles. The van der Waals surface area contributed by atoms with Crippen molar-refractivity contribution in [1.82, 2.24) is 9.29 Å². The first-order valence-corrected chi connectivity index (χ1v) is 10.4. The van der Waals surface area contributed by atoms with E-state index in [9.17, 15) is 8.42 Å². The summed E-state index contributed by atoms with van der Waals surface area (Å²) >= 11 is 0. The van der Waals surface area contributed by atoms with Crippen LogP contribution in [0.1, 0.15) is 0 Å². The van der Waals surface area contributed by atoms with Crippen molar-refractivity contribution >= 4 is 15.8 Å². The van der Waals surface area contributed by atoms with Crippen LogP contribution in [0.25, 0.3) is 11.1 Å². The Balaban J connectivity index is 1.47. The quantitative estimate of drug-likeness (QED) is 0.698. The maximum absolute atomic E-state index is 13.0. The van der Waals surface area contributed by atoms with E-state index in [0.29, 0.717) is 31.1 Å². The third-order valence-corrected chi connectivity index (χ3v) is 6.72. The molecule has 0 atom stereocenters. The van der Waals surface area contributed by atoms with Gasteiger partial charge in [-0.3, -0.25) is 0 Å². The molecule has 1 aliphatic rings.